The van der Waals surface area contributed by atoms with E-state index in [0.29, 0.717) is 5.56 Å². The molecule has 0 aliphatic rings. The summed E-state index contributed by atoms with van der Waals surface area (Å²) in [5, 5.41) is 8.67. The summed E-state index contributed by atoms with van der Waals surface area (Å²) in [5.74, 6) is -0.930. The lowest BCUT2D eigenvalue weighted by Gasteiger charge is -2.11. The number of nitrogens with one attached hydrogen (secondary N) is 1. The fourth-order valence-electron chi connectivity index (χ4n) is 2.03. The molecule has 0 bridgehead atoms. The second-order valence-corrected chi connectivity index (χ2v) is 6.63. The van der Waals surface area contributed by atoms with Gasteiger partial charge in [0, 0.05) is 12.6 Å². The predicted octanol–water partition coefficient (Wildman–Crippen LogP) is 2.27. The molecule has 0 atom stereocenters. The quantitative estimate of drug-likeness (QED) is 0.750. The number of sulfonamides is 1. The van der Waals surface area contributed by atoms with Crippen LogP contribution >= 0.6 is 0 Å². The maximum absolute atomic E-state index is 12.5. The van der Waals surface area contributed by atoms with E-state index in [1.807, 2.05) is 30.3 Å². The number of aliphatic carboxylic acids is 1. The van der Waals surface area contributed by atoms with E-state index < -0.39 is 16.0 Å². The van der Waals surface area contributed by atoms with Crippen LogP contribution in [0.3, 0.4) is 0 Å². The maximum Gasteiger partial charge on any atom is 0.328 e. The van der Waals surface area contributed by atoms with E-state index >= 15 is 0 Å². The summed E-state index contributed by atoms with van der Waals surface area (Å²) >= 11 is 0. The number of carboxylic acid groups (broad SMARTS) is 1. The Morgan fingerprint density at radius 1 is 1.21 bits per heavy atom. The van der Waals surface area contributed by atoms with Crippen molar-refractivity contribution < 1.29 is 23.1 Å². The van der Waals surface area contributed by atoms with E-state index in [2.05, 4.69) is 4.72 Å². The Hall–Kier alpha value is -2.64. The molecule has 6 nitrogen and oxygen atoms in total. The summed E-state index contributed by atoms with van der Waals surface area (Å²) in [6.07, 6.45) is 2.26. The van der Waals surface area contributed by atoms with Crippen LogP contribution in [-0.2, 0) is 21.4 Å². The lowest BCUT2D eigenvalue weighted by Crippen LogP contribution is -2.23. The lowest BCUT2D eigenvalue weighted by molar-refractivity contribution is -0.131. The van der Waals surface area contributed by atoms with Crippen LogP contribution in [0, 0.1) is 0 Å². The molecule has 2 N–H and O–H groups in total. The lowest BCUT2D eigenvalue weighted by atomic mass is 10.2. The van der Waals surface area contributed by atoms with Crippen LogP contribution in [0.25, 0.3) is 6.08 Å². The summed E-state index contributed by atoms with van der Waals surface area (Å²) < 4.78 is 32.7. The molecule has 2 aromatic rings. The zero-order chi connectivity index (χ0) is 17.6. The van der Waals surface area contributed by atoms with Gasteiger partial charge in [0.05, 0.1) is 7.11 Å². The Morgan fingerprint density at radius 3 is 2.54 bits per heavy atom. The second kappa shape index (κ2) is 7.76. The third-order valence-electron chi connectivity index (χ3n) is 3.20. The van der Waals surface area contributed by atoms with E-state index in [-0.39, 0.29) is 17.2 Å². The normalized spacial score (nSPS) is 11.5. The van der Waals surface area contributed by atoms with E-state index in [1.54, 1.807) is 6.07 Å². The molecule has 0 aliphatic carbocycles. The number of hydrogen-bond donors (Lipinski definition) is 2. The van der Waals surface area contributed by atoms with E-state index in [4.69, 9.17) is 9.84 Å². The van der Waals surface area contributed by atoms with E-state index in [9.17, 15) is 13.2 Å². The van der Waals surface area contributed by atoms with Gasteiger partial charge in [0.25, 0.3) is 0 Å². The van der Waals surface area contributed by atoms with Crippen LogP contribution in [0.4, 0.5) is 0 Å². The SMILES string of the molecule is COc1ccc(/C=C/C(=O)O)cc1S(=O)(=O)NCc1ccccc1. The monoisotopic (exact) mass is 347 g/mol. The molecule has 0 saturated carbocycles. The van der Waals surface area contributed by atoms with Gasteiger partial charge in [-0.3, -0.25) is 0 Å². The number of rotatable bonds is 7. The average molecular weight is 347 g/mol. The van der Waals surface area contributed by atoms with Crippen LogP contribution in [0.2, 0.25) is 0 Å². The highest BCUT2D eigenvalue weighted by atomic mass is 32.2. The molecular weight excluding hydrogens is 330 g/mol. The van der Waals surface area contributed by atoms with Gasteiger partial charge in [0.15, 0.2) is 0 Å². The second-order valence-electron chi connectivity index (χ2n) is 4.89. The number of ether oxygens (including phenoxy) is 1. The Labute approximate surface area is 140 Å². The zero-order valence-corrected chi connectivity index (χ0v) is 13.8. The topological polar surface area (TPSA) is 92.7 Å². The molecule has 0 amide bonds. The molecule has 0 radical (unpaired) electrons. The largest absolute Gasteiger partial charge is 0.495 e. The van der Waals surface area contributed by atoms with Gasteiger partial charge in [-0.2, -0.15) is 0 Å². The van der Waals surface area contributed by atoms with E-state index in [1.165, 1.54) is 25.3 Å². The summed E-state index contributed by atoms with van der Waals surface area (Å²) in [4.78, 5) is 10.5. The molecule has 0 aromatic heterocycles. The number of hydrogen-bond acceptors (Lipinski definition) is 4. The number of carboxylic acids is 1. The molecule has 0 fully saturated rings. The van der Waals surface area contributed by atoms with Gasteiger partial charge >= 0.3 is 5.97 Å². The molecule has 0 spiro atoms. The first-order chi connectivity index (χ1) is 11.4. The van der Waals surface area contributed by atoms with Gasteiger partial charge in [0.2, 0.25) is 10.0 Å². The summed E-state index contributed by atoms with van der Waals surface area (Å²) in [6, 6.07) is 13.5. The van der Waals surface area contributed by atoms with Crippen molar-refractivity contribution in [1.29, 1.82) is 0 Å². The molecule has 24 heavy (non-hydrogen) atoms. The smallest absolute Gasteiger partial charge is 0.328 e. The van der Waals surface area contributed by atoms with Crippen LogP contribution in [0.5, 0.6) is 5.75 Å². The highest BCUT2D eigenvalue weighted by molar-refractivity contribution is 7.89. The van der Waals surface area contributed by atoms with Crippen molar-refractivity contribution >= 4 is 22.1 Å². The average Bonchev–Trinajstić information content (AvgIpc) is 2.59. The molecule has 2 aromatic carbocycles. The molecule has 0 heterocycles. The third kappa shape index (κ3) is 4.68. The Kier molecular flexibility index (Phi) is 5.73. The molecule has 2 rings (SSSR count). The number of methoxy groups -OCH3 is 1. The van der Waals surface area contributed by atoms with Crippen molar-refractivity contribution in [3.63, 3.8) is 0 Å². The van der Waals surface area contributed by atoms with Gasteiger partial charge in [-0.25, -0.2) is 17.9 Å². The van der Waals surface area contributed by atoms with E-state index in [0.717, 1.165) is 11.6 Å². The van der Waals surface area contributed by atoms with Gasteiger partial charge in [-0.15, -0.1) is 0 Å². The van der Waals surface area contributed by atoms with Gasteiger partial charge in [-0.05, 0) is 29.3 Å². The first kappa shape index (κ1) is 17.7. The highest BCUT2D eigenvalue weighted by Gasteiger charge is 2.19. The number of carbonyl (C=O) groups is 1. The Bertz CT molecular complexity index is 845. The standard InChI is InChI=1S/C17H17NO5S/c1-23-15-9-7-13(8-10-17(19)20)11-16(15)24(21,22)18-12-14-5-3-2-4-6-14/h2-11,18H,12H2,1H3,(H,19,20)/b10-8+. The van der Waals surface area contributed by atoms with Crippen LogP contribution < -0.4 is 9.46 Å². The molecule has 0 unspecified atom stereocenters. The Balaban J connectivity index is 2.29. The fourth-order valence-corrected chi connectivity index (χ4v) is 3.25. The fraction of sp³-hybridized carbons (Fsp3) is 0.118. The van der Waals surface area contributed by atoms with Crippen LogP contribution in [0.1, 0.15) is 11.1 Å². The summed E-state index contributed by atoms with van der Waals surface area (Å²) in [5.41, 5.74) is 1.26. The van der Waals surface area contributed by atoms with Crippen molar-refractivity contribution in [3.05, 3.63) is 65.7 Å². The summed E-state index contributed by atoms with van der Waals surface area (Å²) in [6.45, 7) is 0.140. The molecule has 0 aliphatic heterocycles. The van der Waals surface area contributed by atoms with Gasteiger partial charge < -0.3 is 9.84 Å². The maximum atomic E-state index is 12.5. The zero-order valence-electron chi connectivity index (χ0n) is 13.0. The molecular formula is C17H17NO5S. The minimum atomic E-state index is -3.82. The first-order valence-electron chi connectivity index (χ1n) is 7.05. The van der Waals surface area contributed by atoms with Crippen molar-refractivity contribution in [2.45, 2.75) is 11.4 Å². The van der Waals surface area contributed by atoms with Crippen molar-refractivity contribution in [2.24, 2.45) is 0 Å². The minimum Gasteiger partial charge on any atom is -0.495 e. The number of benzene rings is 2. The van der Waals surface area contributed by atoms with Crippen molar-refractivity contribution in [3.8, 4) is 5.75 Å². The predicted molar refractivity (Wildman–Crippen MR) is 90.1 cm³/mol. The third-order valence-corrected chi connectivity index (χ3v) is 4.63. The summed E-state index contributed by atoms with van der Waals surface area (Å²) in [7, 11) is -2.45. The molecule has 7 heteroatoms. The minimum absolute atomic E-state index is 0.0477. The van der Waals surface area contributed by atoms with Gasteiger partial charge in [-0.1, -0.05) is 36.4 Å². The highest BCUT2D eigenvalue weighted by Crippen LogP contribution is 2.25. The van der Waals surface area contributed by atoms with Crippen LogP contribution in [-0.4, -0.2) is 26.6 Å². The molecule has 126 valence electrons. The van der Waals surface area contributed by atoms with Crippen molar-refractivity contribution in [1.82, 2.24) is 4.72 Å². The Morgan fingerprint density at radius 2 is 1.92 bits per heavy atom. The van der Waals surface area contributed by atoms with Gasteiger partial charge in [0.1, 0.15) is 10.6 Å². The van der Waals surface area contributed by atoms with Crippen LogP contribution in [0.15, 0.2) is 59.5 Å². The van der Waals surface area contributed by atoms with Crippen molar-refractivity contribution in [2.75, 3.05) is 7.11 Å². The molecule has 0 saturated heterocycles. The first-order valence-corrected chi connectivity index (χ1v) is 8.53.